The van der Waals surface area contributed by atoms with E-state index in [4.69, 9.17) is 4.74 Å². The van der Waals surface area contributed by atoms with Gasteiger partial charge in [-0.25, -0.2) is 0 Å². The van der Waals surface area contributed by atoms with Crippen molar-refractivity contribution in [1.82, 2.24) is 5.32 Å². The maximum absolute atomic E-state index is 12.3. The summed E-state index contributed by atoms with van der Waals surface area (Å²) in [6, 6.07) is 15.5. The first kappa shape index (κ1) is 16.1. The second-order valence-corrected chi connectivity index (χ2v) is 5.25. The number of hydrogen-bond acceptors (Lipinski definition) is 2. The van der Waals surface area contributed by atoms with Gasteiger partial charge in [-0.1, -0.05) is 31.2 Å². The Morgan fingerprint density at radius 2 is 1.68 bits per heavy atom. The highest BCUT2D eigenvalue weighted by Gasteiger charge is 2.11. The van der Waals surface area contributed by atoms with Crippen LogP contribution in [-0.4, -0.2) is 12.5 Å². The topological polar surface area (TPSA) is 38.3 Å². The summed E-state index contributed by atoms with van der Waals surface area (Å²) in [6.45, 7) is 6.68. The summed E-state index contributed by atoms with van der Waals surface area (Å²) >= 11 is 0. The predicted molar refractivity (Wildman–Crippen MR) is 89.3 cm³/mol. The first-order chi connectivity index (χ1) is 10.6. The lowest BCUT2D eigenvalue weighted by atomic mass is 10.0. The molecule has 1 atom stereocenters. The van der Waals surface area contributed by atoms with Gasteiger partial charge >= 0.3 is 0 Å². The number of carbonyl (C=O) groups is 1. The van der Waals surface area contributed by atoms with E-state index in [9.17, 15) is 4.79 Å². The van der Waals surface area contributed by atoms with Crippen LogP contribution in [-0.2, 0) is 6.42 Å². The van der Waals surface area contributed by atoms with Crippen LogP contribution in [0.2, 0.25) is 0 Å². The summed E-state index contributed by atoms with van der Waals surface area (Å²) in [4.78, 5) is 12.3. The highest BCUT2D eigenvalue weighted by Crippen LogP contribution is 2.16. The van der Waals surface area contributed by atoms with Crippen molar-refractivity contribution in [3.05, 3.63) is 65.2 Å². The predicted octanol–water partition coefficient (Wildman–Crippen LogP) is 4.14. The van der Waals surface area contributed by atoms with Crippen molar-refractivity contribution in [2.24, 2.45) is 0 Å². The van der Waals surface area contributed by atoms with E-state index in [1.165, 1.54) is 5.56 Å². The number of rotatable bonds is 6. The summed E-state index contributed by atoms with van der Waals surface area (Å²) in [7, 11) is 0. The van der Waals surface area contributed by atoms with Crippen LogP contribution in [0.1, 0.15) is 48.3 Å². The molecule has 0 heterocycles. The van der Waals surface area contributed by atoms with Crippen LogP contribution in [0.25, 0.3) is 0 Å². The first-order valence-electron chi connectivity index (χ1n) is 7.76. The van der Waals surface area contributed by atoms with Crippen LogP contribution < -0.4 is 10.1 Å². The van der Waals surface area contributed by atoms with Crippen molar-refractivity contribution >= 4 is 5.91 Å². The van der Waals surface area contributed by atoms with Gasteiger partial charge in [0, 0.05) is 5.56 Å². The Morgan fingerprint density at radius 1 is 1.05 bits per heavy atom. The maximum atomic E-state index is 12.3. The number of amides is 1. The molecule has 0 bridgehead atoms. The van der Waals surface area contributed by atoms with E-state index in [1.54, 1.807) is 12.1 Å². The van der Waals surface area contributed by atoms with Gasteiger partial charge in [0.25, 0.3) is 5.91 Å². The Kier molecular flexibility index (Phi) is 5.59. The molecule has 3 nitrogen and oxygen atoms in total. The van der Waals surface area contributed by atoms with Crippen LogP contribution in [0.5, 0.6) is 5.75 Å². The maximum Gasteiger partial charge on any atom is 0.251 e. The Balaban J connectivity index is 2.00. The zero-order chi connectivity index (χ0) is 15.9. The van der Waals surface area contributed by atoms with Crippen molar-refractivity contribution in [3.8, 4) is 5.75 Å². The van der Waals surface area contributed by atoms with E-state index >= 15 is 0 Å². The third-order valence-corrected chi connectivity index (χ3v) is 3.66. The number of nitrogens with one attached hydrogen (secondary N) is 1. The van der Waals surface area contributed by atoms with Crippen LogP contribution in [0.15, 0.2) is 48.5 Å². The van der Waals surface area contributed by atoms with Crippen LogP contribution in [0.4, 0.5) is 0 Å². The quantitative estimate of drug-likeness (QED) is 0.870. The average Bonchev–Trinajstić information content (AvgIpc) is 2.55. The molecule has 0 aromatic heterocycles. The lowest BCUT2D eigenvalue weighted by molar-refractivity contribution is 0.0940. The molecule has 1 N–H and O–H groups in total. The fraction of sp³-hybridized carbons (Fsp3) is 0.316. The minimum Gasteiger partial charge on any atom is -0.494 e. The molecule has 0 aliphatic heterocycles. The standard InChI is InChI=1S/C19H23NO2/c1-4-15-6-8-16(9-7-15)14(3)20-19(21)17-10-12-18(13-11-17)22-5-2/h6-14H,4-5H2,1-3H3,(H,20,21)/t14-/m0/s1. The van der Waals surface area contributed by atoms with Crippen LogP contribution in [0, 0.1) is 0 Å². The minimum absolute atomic E-state index is 0.0232. The summed E-state index contributed by atoms with van der Waals surface area (Å²) in [5.41, 5.74) is 3.05. The number of hydrogen-bond donors (Lipinski definition) is 1. The molecule has 0 radical (unpaired) electrons. The van der Waals surface area contributed by atoms with E-state index < -0.39 is 0 Å². The lowest BCUT2D eigenvalue weighted by Crippen LogP contribution is -2.26. The molecule has 22 heavy (non-hydrogen) atoms. The summed E-state index contributed by atoms with van der Waals surface area (Å²) in [6.07, 6.45) is 1.02. The molecule has 2 aromatic carbocycles. The molecule has 0 saturated carbocycles. The van der Waals surface area contributed by atoms with Gasteiger partial charge in [0.15, 0.2) is 0 Å². The number of aryl methyl sites for hydroxylation is 1. The summed E-state index contributed by atoms with van der Waals surface area (Å²) < 4.78 is 5.38. The first-order valence-corrected chi connectivity index (χ1v) is 7.76. The molecular weight excluding hydrogens is 274 g/mol. The van der Waals surface area contributed by atoms with Gasteiger partial charge in [-0.05, 0) is 55.7 Å². The van der Waals surface area contributed by atoms with Crippen LogP contribution >= 0.6 is 0 Å². The average molecular weight is 297 g/mol. The zero-order valence-electron chi connectivity index (χ0n) is 13.4. The molecule has 0 aliphatic carbocycles. The third-order valence-electron chi connectivity index (χ3n) is 3.66. The van der Waals surface area contributed by atoms with E-state index in [0.717, 1.165) is 17.7 Å². The second-order valence-electron chi connectivity index (χ2n) is 5.25. The smallest absolute Gasteiger partial charge is 0.251 e. The number of benzene rings is 2. The van der Waals surface area contributed by atoms with Crippen molar-refractivity contribution in [1.29, 1.82) is 0 Å². The Hall–Kier alpha value is -2.29. The van der Waals surface area contributed by atoms with Crippen molar-refractivity contribution in [3.63, 3.8) is 0 Å². The fourth-order valence-corrected chi connectivity index (χ4v) is 2.27. The van der Waals surface area contributed by atoms with Crippen molar-refractivity contribution < 1.29 is 9.53 Å². The van der Waals surface area contributed by atoms with Crippen LogP contribution in [0.3, 0.4) is 0 Å². The molecule has 2 rings (SSSR count). The molecular formula is C19H23NO2. The van der Waals surface area contributed by atoms with E-state index in [2.05, 4.69) is 36.5 Å². The van der Waals surface area contributed by atoms with Gasteiger partial charge in [-0.3, -0.25) is 4.79 Å². The summed E-state index contributed by atoms with van der Waals surface area (Å²) in [5, 5.41) is 3.02. The SMILES string of the molecule is CCOc1ccc(C(=O)N[C@@H](C)c2ccc(CC)cc2)cc1. The molecule has 0 aliphatic rings. The largest absolute Gasteiger partial charge is 0.494 e. The lowest BCUT2D eigenvalue weighted by Gasteiger charge is -2.15. The Labute approximate surface area is 132 Å². The fourth-order valence-electron chi connectivity index (χ4n) is 2.27. The normalized spacial score (nSPS) is 11.8. The Bertz CT molecular complexity index is 602. The minimum atomic E-state index is -0.0740. The molecule has 0 spiro atoms. The van der Waals surface area contributed by atoms with Crippen molar-refractivity contribution in [2.75, 3.05) is 6.61 Å². The van der Waals surface area contributed by atoms with Gasteiger partial charge in [0.05, 0.1) is 12.6 Å². The van der Waals surface area contributed by atoms with E-state index in [-0.39, 0.29) is 11.9 Å². The van der Waals surface area contributed by atoms with Gasteiger partial charge < -0.3 is 10.1 Å². The molecule has 0 saturated heterocycles. The van der Waals surface area contributed by atoms with E-state index in [0.29, 0.717) is 12.2 Å². The highest BCUT2D eigenvalue weighted by molar-refractivity contribution is 5.94. The summed E-state index contributed by atoms with van der Waals surface area (Å²) in [5.74, 6) is 0.706. The molecule has 2 aromatic rings. The molecule has 1 amide bonds. The van der Waals surface area contributed by atoms with Gasteiger partial charge in [-0.2, -0.15) is 0 Å². The highest BCUT2D eigenvalue weighted by atomic mass is 16.5. The molecule has 116 valence electrons. The number of ether oxygens (including phenoxy) is 1. The Morgan fingerprint density at radius 3 is 2.23 bits per heavy atom. The molecule has 0 unspecified atom stereocenters. The molecule has 3 heteroatoms. The van der Waals surface area contributed by atoms with Gasteiger partial charge in [-0.15, -0.1) is 0 Å². The van der Waals surface area contributed by atoms with Gasteiger partial charge in [0.1, 0.15) is 5.75 Å². The third kappa shape index (κ3) is 4.10. The second kappa shape index (κ2) is 7.64. The number of carbonyl (C=O) groups excluding carboxylic acids is 1. The van der Waals surface area contributed by atoms with Gasteiger partial charge in [0.2, 0.25) is 0 Å². The monoisotopic (exact) mass is 297 g/mol. The van der Waals surface area contributed by atoms with Crippen molar-refractivity contribution in [2.45, 2.75) is 33.2 Å². The zero-order valence-corrected chi connectivity index (χ0v) is 13.4. The molecule has 0 fully saturated rings. The van der Waals surface area contributed by atoms with E-state index in [1.807, 2.05) is 26.0 Å².